The van der Waals surface area contributed by atoms with Crippen LogP contribution in [0.2, 0.25) is 0 Å². The Labute approximate surface area is 155 Å². The van der Waals surface area contributed by atoms with Crippen LogP contribution in [0.4, 0.5) is 5.69 Å². The molecule has 5 heteroatoms. The smallest absolute Gasteiger partial charge is 0.245 e. The average molecular weight is 353 g/mol. The summed E-state index contributed by atoms with van der Waals surface area (Å²) < 4.78 is 0. The molecule has 0 aromatic heterocycles. The Morgan fingerprint density at radius 2 is 1.92 bits per heavy atom. The van der Waals surface area contributed by atoms with Gasteiger partial charge in [-0.25, -0.2) is 0 Å². The summed E-state index contributed by atoms with van der Waals surface area (Å²) in [6.07, 6.45) is 3.26. The van der Waals surface area contributed by atoms with E-state index in [1.165, 1.54) is 17.3 Å². The zero-order chi connectivity index (χ0) is 18.3. The number of nitrogens with zero attached hydrogens (tertiary/aromatic N) is 3. The molecule has 3 fully saturated rings. The summed E-state index contributed by atoms with van der Waals surface area (Å²) in [4.78, 5) is 31.0. The first-order chi connectivity index (χ1) is 12.5. The van der Waals surface area contributed by atoms with E-state index in [0.717, 1.165) is 52.1 Å². The number of anilines is 1. The van der Waals surface area contributed by atoms with Crippen molar-refractivity contribution in [3.05, 3.63) is 42.5 Å². The van der Waals surface area contributed by atoms with Crippen molar-refractivity contribution in [3.8, 4) is 0 Å². The molecule has 5 nitrogen and oxygen atoms in total. The Morgan fingerprint density at radius 1 is 1.15 bits per heavy atom. The van der Waals surface area contributed by atoms with Gasteiger partial charge in [-0.2, -0.15) is 0 Å². The Morgan fingerprint density at radius 3 is 2.62 bits per heavy atom. The summed E-state index contributed by atoms with van der Waals surface area (Å²) >= 11 is 0. The standard InChI is InChI=1S/C21H27N3O2/c1-3-19(25)24-8-7-21(15-24)14-18(21)20(26)23-11-9-22(10-12-23)17-6-4-5-16(2)13-17/h3-6,13,18H,1,7-12,14-15H2,2H3. The predicted octanol–water partition coefficient (Wildman–Crippen LogP) is 2.07. The third-order valence-electron chi connectivity index (χ3n) is 6.32. The van der Waals surface area contributed by atoms with Crippen LogP contribution in [0.3, 0.4) is 0 Å². The van der Waals surface area contributed by atoms with Gasteiger partial charge < -0.3 is 14.7 Å². The molecule has 2 aliphatic heterocycles. The Kier molecular flexibility index (Phi) is 4.25. The number of aryl methyl sites for hydroxylation is 1. The van der Waals surface area contributed by atoms with Crippen LogP contribution in [0, 0.1) is 18.3 Å². The van der Waals surface area contributed by atoms with Gasteiger partial charge in [-0.15, -0.1) is 0 Å². The van der Waals surface area contributed by atoms with E-state index in [9.17, 15) is 9.59 Å². The van der Waals surface area contributed by atoms with E-state index in [0.29, 0.717) is 5.91 Å². The molecule has 1 saturated carbocycles. The minimum absolute atomic E-state index is 0.00765. The summed E-state index contributed by atoms with van der Waals surface area (Å²) in [5.41, 5.74) is 2.55. The lowest BCUT2D eigenvalue weighted by Gasteiger charge is -2.36. The van der Waals surface area contributed by atoms with Gasteiger partial charge in [0.15, 0.2) is 0 Å². The molecule has 2 amide bonds. The molecule has 138 valence electrons. The topological polar surface area (TPSA) is 43.9 Å². The lowest BCUT2D eigenvalue weighted by atomic mass is 10.0. The van der Waals surface area contributed by atoms with E-state index in [2.05, 4.69) is 42.7 Å². The van der Waals surface area contributed by atoms with Gasteiger partial charge in [0.1, 0.15) is 0 Å². The maximum Gasteiger partial charge on any atom is 0.245 e. The lowest BCUT2D eigenvalue weighted by molar-refractivity contribution is -0.134. The zero-order valence-electron chi connectivity index (χ0n) is 15.5. The van der Waals surface area contributed by atoms with E-state index >= 15 is 0 Å². The largest absolute Gasteiger partial charge is 0.368 e. The molecule has 0 radical (unpaired) electrons. The summed E-state index contributed by atoms with van der Waals surface area (Å²) in [5, 5.41) is 0. The van der Waals surface area contributed by atoms with Gasteiger partial charge in [0.05, 0.1) is 0 Å². The van der Waals surface area contributed by atoms with Crippen LogP contribution in [-0.4, -0.2) is 60.9 Å². The molecule has 0 bridgehead atoms. The minimum atomic E-state index is -0.00765. The Hall–Kier alpha value is -2.30. The SMILES string of the molecule is C=CC(=O)N1CCC2(CC2C(=O)N2CCN(c3cccc(C)c3)CC2)C1. The lowest BCUT2D eigenvalue weighted by Crippen LogP contribution is -2.49. The quantitative estimate of drug-likeness (QED) is 0.782. The van der Waals surface area contributed by atoms with Gasteiger partial charge in [0.2, 0.25) is 11.8 Å². The molecule has 0 N–H and O–H groups in total. The van der Waals surface area contributed by atoms with Gasteiger partial charge >= 0.3 is 0 Å². The molecule has 1 aromatic rings. The Bertz CT molecular complexity index is 739. The minimum Gasteiger partial charge on any atom is -0.368 e. The molecular formula is C21H27N3O2. The highest BCUT2D eigenvalue weighted by Crippen LogP contribution is 2.59. The van der Waals surface area contributed by atoms with Crippen LogP contribution in [0.1, 0.15) is 18.4 Å². The average Bonchev–Trinajstić information content (AvgIpc) is 3.20. The second-order valence-electron chi connectivity index (χ2n) is 7.98. The maximum atomic E-state index is 12.9. The molecule has 2 saturated heterocycles. The normalized spacial score (nSPS) is 27.7. The van der Waals surface area contributed by atoms with Crippen LogP contribution in [-0.2, 0) is 9.59 Å². The number of amides is 2. The van der Waals surface area contributed by atoms with E-state index in [-0.39, 0.29) is 17.2 Å². The van der Waals surface area contributed by atoms with Crippen molar-refractivity contribution in [1.82, 2.24) is 9.80 Å². The van der Waals surface area contributed by atoms with Crippen molar-refractivity contribution >= 4 is 17.5 Å². The molecular weight excluding hydrogens is 326 g/mol. The highest BCUT2D eigenvalue weighted by Gasteiger charge is 2.62. The monoisotopic (exact) mass is 353 g/mol. The highest BCUT2D eigenvalue weighted by atomic mass is 16.2. The summed E-state index contributed by atoms with van der Waals surface area (Å²) in [7, 11) is 0. The molecule has 1 aromatic carbocycles. The van der Waals surface area contributed by atoms with E-state index in [1.807, 2.05) is 9.80 Å². The van der Waals surface area contributed by atoms with E-state index < -0.39 is 0 Å². The van der Waals surface area contributed by atoms with Crippen molar-refractivity contribution in [1.29, 1.82) is 0 Å². The van der Waals surface area contributed by atoms with Crippen molar-refractivity contribution in [2.24, 2.45) is 11.3 Å². The molecule has 4 rings (SSSR count). The fourth-order valence-electron chi connectivity index (χ4n) is 4.59. The summed E-state index contributed by atoms with van der Waals surface area (Å²) in [6.45, 7) is 10.5. The number of rotatable bonds is 3. The van der Waals surface area contributed by atoms with Crippen molar-refractivity contribution in [2.75, 3.05) is 44.2 Å². The van der Waals surface area contributed by atoms with Gasteiger partial charge in [0, 0.05) is 56.3 Å². The van der Waals surface area contributed by atoms with E-state index in [1.54, 1.807) is 0 Å². The first kappa shape index (κ1) is 17.1. The third-order valence-corrected chi connectivity index (χ3v) is 6.32. The second kappa shape index (κ2) is 6.45. The number of hydrogen-bond acceptors (Lipinski definition) is 3. The van der Waals surface area contributed by atoms with Crippen molar-refractivity contribution in [3.63, 3.8) is 0 Å². The summed E-state index contributed by atoms with van der Waals surface area (Å²) in [6, 6.07) is 8.55. The highest BCUT2D eigenvalue weighted by molar-refractivity contribution is 5.88. The van der Waals surface area contributed by atoms with Crippen molar-refractivity contribution in [2.45, 2.75) is 19.8 Å². The van der Waals surface area contributed by atoms with E-state index in [4.69, 9.17) is 0 Å². The number of hydrogen-bond donors (Lipinski definition) is 0. The fraction of sp³-hybridized carbons (Fsp3) is 0.524. The van der Waals surface area contributed by atoms with Crippen LogP contribution >= 0.6 is 0 Å². The summed E-state index contributed by atoms with van der Waals surface area (Å²) in [5.74, 6) is 0.393. The Balaban J connectivity index is 1.32. The number of benzene rings is 1. The molecule has 26 heavy (non-hydrogen) atoms. The predicted molar refractivity (Wildman–Crippen MR) is 102 cm³/mol. The molecule has 2 unspecified atom stereocenters. The number of piperazine rings is 1. The first-order valence-corrected chi connectivity index (χ1v) is 9.54. The fourth-order valence-corrected chi connectivity index (χ4v) is 4.59. The van der Waals surface area contributed by atoms with Gasteiger partial charge in [-0.05, 0) is 43.5 Å². The van der Waals surface area contributed by atoms with Crippen LogP contribution < -0.4 is 4.90 Å². The van der Waals surface area contributed by atoms with Crippen LogP contribution in [0.25, 0.3) is 0 Å². The van der Waals surface area contributed by atoms with Gasteiger partial charge in [0.25, 0.3) is 0 Å². The van der Waals surface area contributed by atoms with Crippen molar-refractivity contribution < 1.29 is 9.59 Å². The molecule has 3 aliphatic rings. The first-order valence-electron chi connectivity index (χ1n) is 9.54. The molecule has 1 aliphatic carbocycles. The number of carbonyl (C=O) groups is 2. The van der Waals surface area contributed by atoms with Gasteiger partial charge in [-0.3, -0.25) is 9.59 Å². The third kappa shape index (κ3) is 3.00. The molecule has 1 spiro atoms. The van der Waals surface area contributed by atoms with Gasteiger partial charge in [-0.1, -0.05) is 18.7 Å². The number of carbonyl (C=O) groups excluding carboxylic acids is 2. The van der Waals surface area contributed by atoms with Crippen LogP contribution in [0.15, 0.2) is 36.9 Å². The second-order valence-corrected chi connectivity index (χ2v) is 7.98. The zero-order valence-corrected chi connectivity index (χ0v) is 15.5. The molecule has 2 heterocycles. The number of likely N-dealkylation sites (tertiary alicyclic amines) is 1. The maximum absolute atomic E-state index is 12.9. The van der Waals surface area contributed by atoms with Crippen LogP contribution in [0.5, 0.6) is 0 Å². The molecule has 2 atom stereocenters.